The molecule has 2 aromatic heterocycles. The summed E-state index contributed by atoms with van der Waals surface area (Å²) in [6, 6.07) is 3.31. The lowest BCUT2D eigenvalue weighted by atomic mass is 10.1. The third-order valence-electron chi connectivity index (χ3n) is 4.49. The molecule has 1 unspecified atom stereocenters. The zero-order chi connectivity index (χ0) is 15.7. The lowest BCUT2D eigenvalue weighted by molar-refractivity contribution is 0.211. The van der Waals surface area contributed by atoms with Gasteiger partial charge >= 0.3 is 0 Å². The van der Waals surface area contributed by atoms with Crippen LogP contribution in [0.5, 0.6) is 0 Å². The number of nitrogens with zero attached hydrogens (tertiary/aromatic N) is 5. The van der Waals surface area contributed by atoms with Crippen LogP contribution in [0.2, 0.25) is 0 Å². The van der Waals surface area contributed by atoms with Crippen molar-refractivity contribution in [2.75, 3.05) is 18.4 Å². The highest BCUT2D eigenvalue weighted by atomic mass is 15.3. The van der Waals surface area contributed by atoms with Gasteiger partial charge in [-0.25, -0.2) is 0 Å². The number of hydrogen-bond acceptors (Lipinski definition) is 5. The highest BCUT2D eigenvalue weighted by Gasteiger charge is 2.26. The maximum absolute atomic E-state index is 4.56. The van der Waals surface area contributed by atoms with Crippen molar-refractivity contribution < 1.29 is 0 Å². The van der Waals surface area contributed by atoms with Crippen molar-refractivity contribution >= 4 is 11.3 Å². The van der Waals surface area contributed by atoms with Crippen molar-refractivity contribution in [1.82, 2.24) is 24.7 Å². The monoisotopic (exact) mass is 302 g/mol. The maximum Gasteiger partial charge on any atom is 0.200 e. The van der Waals surface area contributed by atoms with E-state index in [1.165, 1.54) is 19.4 Å². The topological polar surface area (TPSA) is 58.3 Å². The second-order valence-corrected chi connectivity index (χ2v) is 6.75. The van der Waals surface area contributed by atoms with Crippen molar-refractivity contribution in [3.05, 3.63) is 18.1 Å². The van der Waals surface area contributed by atoms with E-state index < -0.39 is 0 Å². The summed E-state index contributed by atoms with van der Waals surface area (Å²) in [7, 11) is 0. The van der Waals surface area contributed by atoms with E-state index in [-0.39, 0.29) is 0 Å². The lowest BCUT2D eigenvalue weighted by Gasteiger charge is -2.28. The van der Waals surface area contributed by atoms with E-state index >= 15 is 0 Å². The first kappa shape index (κ1) is 15.2. The number of anilines is 1. The molecule has 0 aliphatic carbocycles. The minimum atomic E-state index is 0.381. The zero-order valence-corrected chi connectivity index (χ0v) is 14.0. The van der Waals surface area contributed by atoms with Crippen molar-refractivity contribution in [1.29, 1.82) is 0 Å². The lowest BCUT2D eigenvalue weighted by Crippen LogP contribution is -2.39. The summed E-state index contributed by atoms with van der Waals surface area (Å²) < 4.78 is 1.77. The quantitative estimate of drug-likeness (QED) is 0.920. The van der Waals surface area contributed by atoms with E-state index in [0.717, 1.165) is 23.6 Å². The molecule has 0 aromatic carbocycles. The Bertz CT molecular complexity index is 633. The Balaban J connectivity index is 1.80. The molecule has 1 aliphatic rings. The molecule has 1 saturated heterocycles. The molecule has 1 N–H and O–H groups in total. The average molecular weight is 302 g/mol. The number of likely N-dealkylation sites (tertiary alicyclic amines) is 1. The molecule has 3 rings (SSSR count). The molecule has 6 heteroatoms. The smallest absolute Gasteiger partial charge is 0.200 e. The Hall–Kier alpha value is -1.69. The first-order chi connectivity index (χ1) is 10.6. The van der Waals surface area contributed by atoms with Gasteiger partial charge < -0.3 is 5.32 Å². The van der Waals surface area contributed by atoms with Crippen LogP contribution >= 0.6 is 0 Å². The molecule has 1 atom stereocenters. The number of fused-ring (bicyclic) bond motifs is 1. The summed E-state index contributed by atoms with van der Waals surface area (Å²) in [5.74, 6) is 0.381. The molecule has 0 bridgehead atoms. The second kappa shape index (κ2) is 6.20. The van der Waals surface area contributed by atoms with Gasteiger partial charge in [0.05, 0.1) is 11.4 Å². The summed E-state index contributed by atoms with van der Waals surface area (Å²) in [6.07, 6.45) is 4.22. The van der Waals surface area contributed by atoms with E-state index in [0.29, 0.717) is 18.0 Å². The second-order valence-electron chi connectivity index (χ2n) is 6.75. The van der Waals surface area contributed by atoms with E-state index in [4.69, 9.17) is 0 Å². The average Bonchev–Trinajstić information content (AvgIpc) is 3.12. The van der Waals surface area contributed by atoms with Crippen molar-refractivity contribution in [2.45, 2.75) is 58.5 Å². The maximum atomic E-state index is 4.56. The highest BCUT2D eigenvalue weighted by Crippen LogP contribution is 2.23. The molecule has 120 valence electrons. The van der Waals surface area contributed by atoms with Gasteiger partial charge in [0.1, 0.15) is 6.33 Å². The summed E-state index contributed by atoms with van der Waals surface area (Å²) in [5.41, 5.74) is 2.90. The highest BCUT2D eigenvalue weighted by molar-refractivity contribution is 5.66. The number of hydrogen-bond donors (Lipinski definition) is 1. The van der Waals surface area contributed by atoms with Gasteiger partial charge in [0.25, 0.3) is 0 Å². The molecule has 0 saturated carbocycles. The molecular formula is C16H26N6. The van der Waals surface area contributed by atoms with Gasteiger partial charge in [-0.05, 0) is 45.2 Å². The Labute approximate surface area is 131 Å². The Kier molecular flexibility index (Phi) is 4.29. The third-order valence-corrected chi connectivity index (χ3v) is 4.49. The van der Waals surface area contributed by atoms with Crippen LogP contribution in [0.3, 0.4) is 0 Å². The molecular weight excluding hydrogens is 276 g/mol. The molecule has 0 radical (unpaired) electrons. The number of nitrogens with one attached hydrogen (secondary N) is 1. The Morgan fingerprint density at radius 2 is 2.14 bits per heavy atom. The molecule has 2 aromatic rings. The van der Waals surface area contributed by atoms with Crippen LogP contribution in [0.1, 0.15) is 52.1 Å². The molecule has 0 spiro atoms. The standard InChI is InChI=1S/C16H26N6/c1-11(2)14-8-15(16-19-18-10-22(16)20-14)17-9-13-6-5-7-21(13)12(3)4/h8,10-13,17H,5-7,9H2,1-4H3. The normalized spacial score (nSPS) is 19.6. The van der Waals surface area contributed by atoms with Crippen LogP contribution < -0.4 is 5.32 Å². The minimum Gasteiger partial charge on any atom is -0.380 e. The number of aromatic nitrogens is 4. The van der Waals surface area contributed by atoms with Gasteiger partial charge in [0.15, 0.2) is 0 Å². The molecule has 0 amide bonds. The fourth-order valence-corrected chi connectivity index (χ4v) is 3.24. The SMILES string of the molecule is CC(C)c1cc(NCC2CCCN2C(C)C)c2nncn2n1. The van der Waals surface area contributed by atoms with Crippen molar-refractivity contribution in [2.24, 2.45) is 0 Å². The fraction of sp³-hybridized carbons (Fsp3) is 0.688. The Morgan fingerprint density at radius 1 is 1.32 bits per heavy atom. The predicted octanol–water partition coefficient (Wildman–Crippen LogP) is 2.53. The van der Waals surface area contributed by atoms with Crippen LogP contribution in [0, 0.1) is 0 Å². The van der Waals surface area contributed by atoms with Gasteiger partial charge in [0.2, 0.25) is 5.65 Å². The van der Waals surface area contributed by atoms with Crippen LogP contribution in [-0.4, -0.2) is 49.9 Å². The van der Waals surface area contributed by atoms with Gasteiger partial charge in [-0.3, -0.25) is 4.90 Å². The molecule has 3 heterocycles. The van der Waals surface area contributed by atoms with Crippen LogP contribution in [0.25, 0.3) is 5.65 Å². The van der Waals surface area contributed by atoms with E-state index in [9.17, 15) is 0 Å². The summed E-state index contributed by atoms with van der Waals surface area (Å²) >= 11 is 0. The molecule has 22 heavy (non-hydrogen) atoms. The van der Waals surface area contributed by atoms with E-state index in [1.54, 1.807) is 10.8 Å². The van der Waals surface area contributed by atoms with E-state index in [1.807, 2.05) is 0 Å². The van der Waals surface area contributed by atoms with Gasteiger partial charge in [-0.1, -0.05) is 13.8 Å². The van der Waals surface area contributed by atoms with Crippen LogP contribution in [0.4, 0.5) is 5.69 Å². The first-order valence-corrected chi connectivity index (χ1v) is 8.27. The Morgan fingerprint density at radius 3 is 2.86 bits per heavy atom. The minimum absolute atomic E-state index is 0.381. The van der Waals surface area contributed by atoms with Crippen molar-refractivity contribution in [3.8, 4) is 0 Å². The third kappa shape index (κ3) is 2.92. The summed E-state index contributed by atoms with van der Waals surface area (Å²) in [4.78, 5) is 2.58. The van der Waals surface area contributed by atoms with Gasteiger partial charge in [0, 0.05) is 18.6 Å². The van der Waals surface area contributed by atoms with E-state index in [2.05, 4.69) is 59.3 Å². The predicted molar refractivity (Wildman–Crippen MR) is 88.2 cm³/mol. The summed E-state index contributed by atoms with van der Waals surface area (Å²) in [6.45, 7) is 11.0. The van der Waals surface area contributed by atoms with Gasteiger partial charge in [-0.2, -0.15) is 9.61 Å². The van der Waals surface area contributed by atoms with Crippen molar-refractivity contribution in [3.63, 3.8) is 0 Å². The fourth-order valence-electron chi connectivity index (χ4n) is 3.24. The summed E-state index contributed by atoms with van der Waals surface area (Å²) in [5, 5.41) is 16.3. The van der Waals surface area contributed by atoms with Gasteiger partial charge in [-0.15, -0.1) is 10.2 Å². The molecule has 1 fully saturated rings. The van der Waals surface area contributed by atoms with Crippen LogP contribution in [-0.2, 0) is 0 Å². The van der Waals surface area contributed by atoms with Crippen LogP contribution in [0.15, 0.2) is 12.4 Å². The first-order valence-electron chi connectivity index (χ1n) is 8.27. The molecule has 6 nitrogen and oxygen atoms in total. The number of rotatable bonds is 5. The largest absolute Gasteiger partial charge is 0.380 e. The molecule has 1 aliphatic heterocycles. The zero-order valence-electron chi connectivity index (χ0n) is 14.0.